The number of amides is 3. The van der Waals surface area contributed by atoms with Gasteiger partial charge in [0.2, 0.25) is 5.91 Å². The smallest absolute Gasteiger partial charge is 0.275 e. The van der Waals surface area contributed by atoms with E-state index >= 15 is 0 Å². The van der Waals surface area contributed by atoms with E-state index in [0.717, 1.165) is 68.9 Å². The summed E-state index contributed by atoms with van der Waals surface area (Å²) in [6.45, 7) is 16.5. The SMILES string of the molecule is C[C@H]1CN(CC2CCN(c3ccc(C(=O)N[C@H]4C(C)(C)[C@H](Oc5ccc(C#N)c(Cl)c5)C4(C)C)cc3)CC2)CCN1c1ccc2c(=O)n(C3CCC(=O)NC3=O)ncc2c1. The molecule has 3 aliphatic heterocycles. The number of piperazine rings is 1. The Morgan fingerprint density at radius 1 is 0.950 bits per heavy atom. The Balaban J connectivity index is 0.806. The molecular formula is C46H53ClN8O5. The lowest BCUT2D eigenvalue weighted by Gasteiger charge is -2.63. The van der Waals surface area contributed by atoms with Crippen LogP contribution in [0.3, 0.4) is 0 Å². The van der Waals surface area contributed by atoms with Gasteiger partial charge in [-0.15, -0.1) is 0 Å². The van der Waals surface area contributed by atoms with Crippen LogP contribution in [0.15, 0.2) is 71.7 Å². The van der Waals surface area contributed by atoms with Gasteiger partial charge in [0.15, 0.2) is 0 Å². The van der Waals surface area contributed by atoms with E-state index in [0.29, 0.717) is 33.2 Å². The molecule has 3 amide bonds. The highest BCUT2D eigenvalue weighted by Crippen LogP contribution is 2.55. The number of nitrogens with one attached hydrogen (secondary N) is 2. The minimum Gasteiger partial charge on any atom is -0.489 e. The number of fused-ring (bicyclic) bond motifs is 1. The summed E-state index contributed by atoms with van der Waals surface area (Å²) in [5.41, 5.74) is 2.20. The molecule has 4 heterocycles. The topological polar surface area (TPSA) is 153 Å². The second-order valence-corrected chi connectivity index (χ2v) is 18.6. The van der Waals surface area contributed by atoms with Crippen LogP contribution in [-0.4, -0.2) is 89.9 Å². The van der Waals surface area contributed by atoms with E-state index in [1.807, 2.05) is 30.3 Å². The number of hydrogen-bond acceptors (Lipinski definition) is 10. The van der Waals surface area contributed by atoms with Crippen LogP contribution in [0.25, 0.3) is 10.8 Å². The van der Waals surface area contributed by atoms with Crippen molar-refractivity contribution in [3.05, 3.63) is 93.4 Å². The molecule has 4 aromatic rings. The van der Waals surface area contributed by atoms with Crippen molar-refractivity contribution in [1.82, 2.24) is 25.3 Å². The molecule has 13 nitrogen and oxygen atoms in total. The highest BCUT2D eigenvalue weighted by molar-refractivity contribution is 6.31. The standard InChI is InChI=1S/C46H53ClN8O5/c1-28-26-52(20-21-54(28)34-11-13-36-32(22-34)25-49-55(42(36)59)38-14-15-39(56)50-41(38)58)27-29-16-18-53(19-17-29)33-9-6-30(7-10-33)40(57)51-43-45(2,3)44(46(43,4)5)60-35-12-8-31(24-48)37(47)23-35/h6-13,22-23,25,28-29,38,43-44H,14-21,26-27H2,1-5H3,(H,51,57)(H,50,56,58)/t28-,38?,43-,44-/m0/s1. The molecule has 2 atom stereocenters. The molecule has 0 radical (unpaired) electrons. The fourth-order valence-corrected chi connectivity index (χ4v) is 10.6. The number of piperidine rings is 2. The third kappa shape index (κ3) is 7.83. The highest BCUT2D eigenvalue weighted by atomic mass is 35.5. The second-order valence-electron chi connectivity index (χ2n) is 18.2. The molecule has 60 heavy (non-hydrogen) atoms. The lowest BCUT2D eigenvalue weighted by molar-refractivity contribution is -0.164. The number of aromatic nitrogens is 2. The fraction of sp³-hybridized carbons (Fsp3) is 0.478. The van der Waals surface area contributed by atoms with Crippen LogP contribution in [0.4, 0.5) is 11.4 Å². The van der Waals surface area contributed by atoms with Crippen molar-refractivity contribution in [2.75, 3.05) is 49.1 Å². The Morgan fingerprint density at radius 3 is 2.33 bits per heavy atom. The molecule has 3 aromatic carbocycles. The third-order valence-corrected chi connectivity index (χ3v) is 13.7. The van der Waals surface area contributed by atoms with Crippen LogP contribution in [0, 0.1) is 28.1 Å². The number of imide groups is 1. The number of nitrogens with zero attached hydrogens (tertiary/aromatic N) is 6. The van der Waals surface area contributed by atoms with Gasteiger partial charge in [-0.3, -0.25) is 29.4 Å². The molecule has 2 N–H and O–H groups in total. The van der Waals surface area contributed by atoms with Gasteiger partial charge >= 0.3 is 0 Å². The maximum absolute atomic E-state index is 13.5. The normalized spacial score (nSPS) is 24.4. The second kappa shape index (κ2) is 16.2. The van der Waals surface area contributed by atoms with Crippen molar-refractivity contribution in [3.8, 4) is 11.8 Å². The molecule has 4 fully saturated rings. The number of ether oxygens (including phenoxy) is 1. The Bertz CT molecular complexity index is 2400. The highest BCUT2D eigenvalue weighted by Gasteiger charge is 2.64. The molecule has 14 heteroatoms. The van der Waals surface area contributed by atoms with E-state index < -0.39 is 11.9 Å². The van der Waals surface area contributed by atoms with E-state index in [2.05, 4.69) is 83.3 Å². The Morgan fingerprint density at radius 2 is 1.67 bits per heavy atom. The van der Waals surface area contributed by atoms with Crippen LogP contribution in [0.2, 0.25) is 5.02 Å². The molecule has 8 rings (SSSR count). The Kier molecular flexibility index (Phi) is 11.1. The number of halogens is 1. The molecule has 1 aliphatic carbocycles. The zero-order valence-electron chi connectivity index (χ0n) is 34.9. The molecule has 1 saturated carbocycles. The van der Waals surface area contributed by atoms with Gasteiger partial charge in [-0.1, -0.05) is 39.3 Å². The van der Waals surface area contributed by atoms with Crippen molar-refractivity contribution in [2.45, 2.75) is 84.5 Å². The van der Waals surface area contributed by atoms with Crippen molar-refractivity contribution < 1.29 is 19.1 Å². The molecular weight excluding hydrogens is 780 g/mol. The number of carbonyl (C=O) groups is 3. The van der Waals surface area contributed by atoms with Crippen LogP contribution >= 0.6 is 11.6 Å². The van der Waals surface area contributed by atoms with Gasteiger partial charge in [0.05, 0.1) is 22.2 Å². The van der Waals surface area contributed by atoms with Gasteiger partial charge < -0.3 is 19.9 Å². The molecule has 1 aromatic heterocycles. The molecule has 314 valence electrons. The van der Waals surface area contributed by atoms with Crippen molar-refractivity contribution in [1.29, 1.82) is 5.26 Å². The van der Waals surface area contributed by atoms with Crippen LogP contribution in [-0.2, 0) is 9.59 Å². The Hall–Kier alpha value is -5.45. The van der Waals surface area contributed by atoms with E-state index in [1.165, 1.54) is 4.68 Å². The summed E-state index contributed by atoms with van der Waals surface area (Å²) in [5, 5.41) is 20.8. The van der Waals surface area contributed by atoms with Crippen LogP contribution in [0.1, 0.15) is 82.3 Å². The maximum Gasteiger partial charge on any atom is 0.275 e. The summed E-state index contributed by atoms with van der Waals surface area (Å²) < 4.78 is 7.60. The van der Waals surface area contributed by atoms with Crippen molar-refractivity contribution in [2.24, 2.45) is 16.7 Å². The molecule has 0 bridgehead atoms. The summed E-state index contributed by atoms with van der Waals surface area (Å²) in [7, 11) is 0. The first kappa shape index (κ1) is 41.3. The average molecular weight is 833 g/mol. The summed E-state index contributed by atoms with van der Waals surface area (Å²) in [6, 6.07) is 20.4. The summed E-state index contributed by atoms with van der Waals surface area (Å²) >= 11 is 6.26. The predicted molar refractivity (Wildman–Crippen MR) is 231 cm³/mol. The van der Waals surface area contributed by atoms with Gasteiger partial charge in [-0.05, 0) is 86.7 Å². The summed E-state index contributed by atoms with van der Waals surface area (Å²) in [4.78, 5) is 58.2. The maximum atomic E-state index is 13.5. The first-order chi connectivity index (χ1) is 28.6. The summed E-state index contributed by atoms with van der Waals surface area (Å²) in [5.74, 6) is 0.297. The third-order valence-electron chi connectivity index (χ3n) is 13.4. The quantitative estimate of drug-likeness (QED) is 0.194. The van der Waals surface area contributed by atoms with Crippen LogP contribution in [0.5, 0.6) is 5.75 Å². The monoisotopic (exact) mass is 832 g/mol. The largest absolute Gasteiger partial charge is 0.489 e. The summed E-state index contributed by atoms with van der Waals surface area (Å²) in [6.07, 6.45) is 4.12. The fourth-order valence-electron chi connectivity index (χ4n) is 10.4. The zero-order valence-corrected chi connectivity index (χ0v) is 35.7. The first-order valence-electron chi connectivity index (χ1n) is 21.0. The zero-order chi connectivity index (χ0) is 42.5. The number of benzene rings is 3. The molecule has 3 saturated heterocycles. The first-order valence-corrected chi connectivity index (χ1v) is 21.4. The van der Waals surface area contributed by atoms with E-state index in [-0.39, 0.29) is 59.2 Å². The van der Waals surface area contributed by atoms with Gasteiger partial charge in [0.25, 0.3) is 17.4 Å². The van der Waals surface area contributed by atoms with E-state index in [1.54, 1.807) is 24.4 Å². The van der Waals surface area contributed by atoms with E-state index in [4.69, 9.17) is 16.3 Å². The van der Waals surface area contributed by atoms with Gasteiger partial charge in [0, 0.05) is 97.0 Å². The molecule has 0 spiro atoms. The van der Waals surface area contributed by atoms with Crippen LogP contribution < -0.4 is 30.7 Å². The number of hydrogen-bond donors (Lipinski definition) is 2. The number of carbonyl (C=O) groups excluding carboxylic acids is 3. The lowest BCUT2D eigenvalue weighted by atomic mass is 9.49. The molecule has 1 unspecified atom stereocenters. The van der Waals surface area contributed by atoms with Gasteiger partial charge in [0.1, 0.15) is 24.0 Å². The van der Waals surface area contributed by atoms with Crippen molar-refractivity contribution >= 4 is 51.5 Å². The average Bonchev–Trinajstić information content (AvgIpc) is 3.22. The Labute approximate surface area is 355 Å². The number of nitriles is 1. The lowest BCUT2D eigenvalue weighted by Crippen LogP contribution is -2.74. The number of rotatable bonds is 9. The number of anilines is 2. The van der Waals surface area contributed by atoms with Gasteiger partial charge in [-0.2, -0.15) is 10.4 Å². The van der Waals surface area contributed by atoms with E-state index in [9.17, 15) is 24.4 Å². The minimum atomic E-state index is -0.786. The van der Waals surface area contributed by atoms with Crippen molar-refractivity contribution in [3.63, 3.8) is 0 Å². The molecule has 4 aliphatic rings. The van der Waals surface area contributed by atoms with Gasteiger partial charge in [-0.25, -0.2) is 4.68 Å². The predicted octanol–water partition coefficient (Wildman–Crippen LogP) is 5.94. The minimum absolute atomic E-state index is 0.102.